The predicted molar refractivity (Wildman–Crippen MR) is 59.9 cm³/mol. The Bertz CT molecular complexity index is 438. The van der Waals surface area contributed by atoms with E-state index in [0.29, 0.717) is 6.42 Å². The van der Waals surface area contributed by atoms with Gasteiger partial charge >= 0.3 is 0 Å². The van der Waals surface area contributed by atoms with E-state index < -0.39 is 10.8 Å². The van der Waals surface area contributed by atoms with Gasteiger partial charge in [0.2, 0.25) is 0 Å². The quantitative estimate of drug-likeness (QED) is 0.351. The summed E-state index contributed by atoms with van der Waals surface area (Å²) >= 11 is 5.66. The molecule has 0 radical (unpaired) electrons. The molecule has 92 valence electrons. The summed E-state index contributed by atoms with van der Waals surface area (Å²) in [5.41, 5.74) is -0.361. The van der Waals surface area contributed by atoms with Crippen LogP contribution in [0.2, 0.25) is 5.15 Å². The largest absolute Gasteiger partial charge is 0.396 e. The number of pyridine rings is 1. The van der Waals surface area contributed by atoms with Crippen LogP contribution in [0.4, 0.5) is 5.69 Å². The van der Waals surface area contributed by atoms with Crippen LogP contribution in [0.3, 0.4) is 0 Å². The first-order valence-electron chi connectivity index (χ1n) is 4.75. The lowest BCUT2D eigenvalue weighted by atomic mass is 10.2. The van der Waals surface area contributed by atoms with E-state index in [1.807, 2.05) is 0 Å². The topological polar surface area (TPSA) is 105 Å². The average molecular weight is 260 g/mol. The minimum atomic E-state index is -0.659. The van der Waals surface area contributed by atoms with Crippen molar-refractivity contribution in [1.82, 2.24) is 10.3 Å². The Morgan fingerprint density at radius 3 is 2.94 bits per heavy atom. The highest BCUT2D eigenvalue weighted by atomic mass is 35.5. The number of nitrogens with one attached hydrogen (secondary N) is 1. The lowest BCUT2D eigenvalue weighted by Crippen LogP contribution is -2.25. The van der Waals surface area contributed by atoms with Gasteiger partial charge in [0.15, 0.2) is 0 Å². The van der Waals surface area contributed by atoms with Crippen molar-refractivity contribution in [2.75, 3.05) is 13.2 Å². The number of nitro groups is 1. The molecule has 0 aliphatic rings. The Morgan fingerprint density at radius 1 is 1.65 bits per heavy atom. The van der Waals surface area contributed by atoms with E-state index in [1.54, 1.807) is 0 Å². The van der Waals surface area contributed by atoms with Crippen molar-refractivity contribution in [3.05, 3.63) is 33.1 Å². The van der Waals surface area contributed by atoms with Crippen molar-refractivity contribution in [2.24, 2.45) is 0 Å². The lowest BCUT2D eigenvalue weighted by molar-refractivity contribution is -0.385. The summed E-state index contributed by atoms with van der Waals surface area (Å²) in [7, 11) is 0. The molecule has 1 amide bonds. The minimum Gasteiger partial charge on any atom is -0.396 e. The second kappa shape index (κ2) is 6.12. The van der Waals surface area contributed by atoms with E-state index in [1.165, 1.54) is 0 Å². The molecule has 1 aromatic rings. The first-order valence-corrected chi connectivity index (χ1v) is 5.13. The summed E-state index contributed by atoms with van der Waals surface area (Å²) < 4.78 is 0. The molecule has 0 saturated heterocycles. The third kappa shape index (κ3) is 3.65. The number of carbonyl (C=O) groups excluding carboxylic acids is 1. The van der Waals surface area contributed by atoms with Crippen molar-refractivity contribution < 1.29 is 14.8 Å². The van der Waals surface area contributed by atoms with Crippen LogP contribution < -0.4 is 5.32 Å². The number of halogens is 1. The fourth-order valence-electron chi connectivity index (χ4n) is 1.07. The zero-order valence-electron chi connectivity index (χ0n) is 8.72. The van der Waals surface area contributed by atoms with Crippen LogP contribution in [0.15, 0.2) is 12.3 Å². The molecule has 17 heavy (non-hydrogen) atoms. The molecule has 0 spiro atoms. The number of amides is 1. The van der Waals surface area contributed by atoms with Crippen molar-refractivity contribution in [3.8, 4) is 0 Å². The third-order valence-electron chi connectivity index (χ3n) is 1.90. The summed E-state index contributed by atoms with van der Waals surface area (Å²) in [6, 6.07) is 1.06. The van der Waals surface area contributed by atoms with E-state index in [9.17, 15) is 14.9 Å². The van der Waals surface area contributed by atoms with E-state index in [2.05, 4.69) is 10.3 Å². The standard InChI is InChI=1S/C9H10ClN3O4/c10-8-7(9(15)11-2-1-3-14)4-6(5-12-8)13(16)17/h4-5,14H,1-3H2,(H,11,15). The van der Waals surface area contributed by atoms with Crippen LogP contribution in [0.1, 0.15) is 16.8 Å². The average Bonchev–Trinajstić information content (AvgIpc) is 2.29. The lowest BCUT2D eigenvalue weighted by Gasteiger charge is -2.04. The van der Waals surface area contributed by atoms with Gasteiger partial charge in [-0.2, -0.15) is 0 Å². The Kier molecular flexibility index (Phi) is 4.80. The van der Waals surface area contributed by atoms with E-state index in [-0.39, 0.29) is 29.6 Å². The second-order valence-corrected chi connectivity index (χ2v) is 3.48. The van der Waals surface area contributed by atoms with Crippen LogP contribution in [0, 0.1) is 10.1 Å². The van der Waals surface area contributed by atoms with Crippen LogP contribution in [-0.4, -0.2) is 34.1 Å². The van der Waals surface area contributed by atoms with Gasteiger partial charge in [-0.1, -0.05) is 11.6 Å². The fourth-order valence-corrected chi connectivity index (χ4v) is 1.26. The Morgan fingerprint density at radius 2 is 2.35 bits per heavy atom. The van der Waals surface area contributed by atoms with Crippen LogP contribution in [0.25, 0.3) is 0 Å². The molecule has 2 N–H and O–H groups in total. The molecule has 1 rings (SSSR count). The van der Waals surface area contributed by atoms with Crippen molar-refractivity contribution in [3.63, 3.8) is 0 Å². The Hall–Kier alpha value is -1.73. The summed E-state index contributed by atoms with van der Waals surface area (Å²) in [6.45, 7) is 0.204. The molecule has 0 bridgehead atoms. The molecular weight excluding hydrogens is 250 g/mol. The van der Waals surface area contributed by atoms with Crippen LogP contribution in [-0.2, 0) is 0 Å². The Balaban J connectivity index is 2.84. The molecule has 7 nitrogen and oxygen atoms in total. The number of hydrogen-bond acceptors (Lipinski definition) is 5. The smallest absolute Gasteiger partial charge is 0.288 e. The van der Waals surface area contributed by atoms with E-state index >= 15 is 0 Å². The number of hydrogen-bond donors (Lipinski definition) is 2. The monoisotopic (exact) mass is 259 g/mol. The normalized spacial score (nSPS) is 10.0. The maximum Gasteiger partial charge on any atom is 0.288 e. The van der Waals surface area contributed by atoms with Gasteiger partial charge in [-0.25, -0.2) is 4.98 Å². The highest BCUT2D eigenvalue weighted by molar-refractivity contribution is 6.32. The zero-order chi connectivity index (χ0) is 12.8. The van der Waals surface area contributed by atoms with Crippen LogP contribution >= 0.6 is 11.6 Å². The molecule has 0 aromatic carbocycles. The number of rotatable bonds is 5. The summed E-state index contributed by atoms with van der Waals surface area (Å²) in [5, 5.41) is 21.4. The Labute approximate surface area is 102 Å². The molecule has 1 aromatic heterocycles. The van der Waals surface area contributed by atoms with Crippen LogP contribution in [0.5, 0.6) is 0 Å². The molecular formula is C9H10ClN3O4. The fraction of sp³-hybridized carbons (Fsp3) is 0.333. The first kappa shape index (κ1) is 13.3. The van der Waals surface area contributed by atoms with Gasteiger partial charge in [-0.05, 0) is 6.42 Å². The maximum atomic E-state index is 11.6. The third-order valence-corrected chi connectivity index (χ3v) is 2.20. The molecule has 0 aliphatic heterocycles. The maximum absolute atomic E-state index is 11.6. The summed E-state index contributed by atoms with van der Waals surface area (Å²) in [6.07, 6.45) is 1.37. The second-order valence-electron chi connectivity index (χ2n) is 3.12. The van der Waals surface area contributed by atoms with Gasteiger partial charge in [-0.15, -0.1) is 0 Å². The highest BCUT2D eigenvalue weighted by Crippen LogP contribution is 2.18. The molecule has 8 heteroatoms. The predicted octanol–water partition coefficient (Wildman–Crippen LogP) is 0.755. The molecule has 0 saturated carbocycles. The van der Waals surface area contributed by atoms with Gasteiger partial charge in [-0.3, -0.25) is 14.9 Å². The van der Waals surface area contributed by atoms with Gasteiger partial charge in [0.1, 0.15) is 11.3 Å². The van der Waals surface area contributed by atoms with Gasteiger partial charge < -0.3 is 10.4 Å². The summed E-state index contributed by atoms with van der Waals surface area (Å²) in [4.78, 5) is 25.0. The van der Waals surface area contributed by atoms with E-state index in [4.69, 9.17) is 16.7 Å². The van der Waals surface area contributed by atoms with Crippen molar-refractivity contribution >= 4 is 23.2 Å². The zero-order valence-corrected chi connectivity index (χ0v) is 9.48. The molecule has 0 fully saturated rings. The number of aliphatic hydroxyl groups excluding tert-OH is 1. The number of aromatic nitrogens is 1. The van der Waals surface area contributed by atoms with E-state index in [0.717, 1.165) is 12.3 Å². The number of aliphatic hydroxyl groups is 1. The first-order chi connectivity index (χ1) is 8.06. The van der Waals surface area contributed by atoms with Crippen molar-refractivity contribution in [2.45, 2.75) is 6.42 Å². The highest BCUT2D eigenvalue weighted by Gasteiger charge is 2.16. The van der Waals surface area contributed by atoms with Gasteiger partial charge in [0.25, 0.3) is 11.6 Å². The molecule has 1 heterocycles. The molecule has 0 atom stereocenters. The van der Waals surface area contributed by atoms with Gasteiger partial charge in [0, 0.05) is 19.2 Å². The molecule has 0 aliphatic carbocycles. The SMILES string of the molecule is O=C(NCCCO)c1cc([N+](=O)[O-])cnc1Cl. The molecule has 0 unspecified atom stereocenters. The van der Waals surface area contributed by atoms with Crippen molar-refractivity contribution in [1.29, 1.82) is 0 Å². The minimum absolute atomic E-state index is 0.0544. The summed E-state index contributed by atoms with van der Waals surface area (Å²) in [5.74, 6) is -0.556. The number of carbonyl (C=O) groups is 1. The van der Waals surface area contributed by atoms with Gasteiger partial charge in [0.05, 0.1) is 10.5 Å². The number of nitrogens with zero attached hydrogens (tertiary/aromatic N) is 2.